The lowest BCUT2D eigenvalue weighted by molar-refractivity contribution is -0.110. The Morgan fingerprint density at radius 3 is 2.07 bits per heavy atom. The number of thiol groups is 1. The number of carbonyl (C=O) groups is 1. The van der Waals surface area contributed by atoms with E-state index in [0.717, 1.165) is 26.1 Å². The first-order chi connectivity index (χ1) is 6.70. The SMILES string of the molecule is CCCO[Si](CCC(=O)S)OCCC. The van der Waals surface area contributed by atoms with Crippen LogP contribution in [-0.4, -0.2) is 27.6 Å². The predicted molar refractivity (Wildman–Crippen MR) is 61.7 cm³/mol. The van der Waals surface area contributed by atoms with Crippen LogP contribution in [0.4, 0.5) is 0 Å². The van der Waals surface area contributed by atoms with E-state index >= 15 is 0 Å². The Morgan fingerprint density at radius 1 is 1.21 bits per heavy atom. The van der Waals surface area contributed by atoms with Gasteiger partial charge in [0, 0.05) is 25.7 Å². The van der Waals surface area contributed by atoms with Crippen molar-refractivity contribution in [2.24, 2.45) is 0 Å². The van der Waals surface area contributed by atoms with Gasteiger partial charge < -0.3 is 8.85 Å². The highest BCUT2D eigenvalue weighted by Gasteiger charge is 2.15. The molecule has 0 heterocycles. The zero-order valence-corrected chi connectivity index (χ0v) is 10.8. The maximum atomic E-state index is 10.7. The minimum absolute atomic E-state index is 0.0901. The highest BCUT2D eigenvalue weighted by Crippen LogP contribution is 2.05. The Kier molecular flexibility index (Phi) is 9.81. The van der Waals surface area contributed by atoms with Crippen LogP contribution in [0.25, 0.3) is 0 Å². The third-order valence-corrected chi connectivity index (χ3v) is 3.41. The normalized spacial score (nSPS) is 10.9. The second-order valence-electron chi connectivity index (χ2n) is 2.96. The average Bonchev–Trinajstić information content (AvgIpc) is 2.16. The molecule has 0 unspecified atom stereocenters. The van der Waals surface area contributed by atoms with Gasteiger partial charge in [-0.2, -0.15) is 0 Å². The summed E-state index contributed by atoms with van der Waals surface area (Å²) in [6.45, 7) is 5.56. The Bertz CT molecular complexity index is 147. The molecule has 0 N–H and O–H groups in total. The van der Waals surface area contributed by atoms with E-state index in [1.54, 1.807) is 0 Å². The molecular formula is C9H19O3SSi. The lowest BCUT2D eigenvalue weighted by atomic mass is 10.5. The number of hydrogen-bond acceptors (Lipinski definition) is 3. The highest BCUT2D eigenvalue weighted by atomic mass is 32.1. The lowest BCUT2D eigenvalue weighted by Crippen LogP contribution is -2.24. The Labute approximate surface area is 93.4 Å². The van der Waals surface area contributed by atoms with Crippen LogP contribution in [0.5, 0.6) is 0 Å². The molecule has 0 rings (SSSR count). The summed E-state index contributed by atoms with van der Waals surface area (Å²) in [5.74, 6) is 0. The summed E-state index contributed by atoms with van der Waals surface area (Å²) >= 11 is 3.72. The van der Waals surface area contributed by atoms with Gasteiger partial charge in [0.1, 0.15) is 0 Å². The van der Waals surface area contributed by atoms with Gasteiger partial charge in [0.15, 0.2) is 5.12 Å². The van der Waals surface area contributed by atoms with Crippen molar-refractivity contribution >= 4 is 27.0 Å². The van der Waals surface area contributed by atoms with Crippen LogP contribution in [0, 0.1) is 0 Å². The van der Waals surface area contributed by atoms with E-state index in [-0.39, 0.29) is 5.12 Å². The largest absolute Gasteiger partial charge is 0.393 e. The molecule has 5 heteroatoms. The summed E-state index contributed by atoms with van der Waals surface area (Å²) in [7, 11) is -1.23. The lowest BCUT2D eigenvalue weighted by Gasteiger charge is -2.13. The monoisotopic (exact) mass is 235 g/mol. The zero-order valence-electron chi connectivity index (χ0n) is 8.91. The van der Waals surface area contributed by atoms with Gasteiger partial charge >= 0.3 is 9.28 Å². The van der Waals surface area contributed by atoms with E-state index in [1.807, 2.05) is 0 Å². The van der Waals surface area contributed by atoms with Crippen molar-refractivity contribution in [2.45, 2.75) is 39.2 Å². The van der Waals surface area contributed by atoms with Crippen LogP contribution >= 0.6 is 12.6 Å². The fourth-order valence-electron chi connectivity index (χ4n) is 0.827. The first-order valence-electron chi connectivity index (χ1n) is 5.03. The van der Waals surface area contributed by atoms with Crippen molar-refractivity contribution in [1.82, 2.24) is 0 Å². The van der Waals surface area contributed by atoms with E-state index in [1.165, 1.54) is 0 Å². The third kappa shape index (κ3) is 8.74. The van der Waals surface area contributed by atoms with Gasteiger partial charge in [-0.15, -0.1) is 12.6 Å². The first-order valence-corrected chi connectivity index (χ1v) is 7.01. The van der Waals surface area contributed by atoms with Gasteiger partial charge in [-0.25, -0.2) is 0 Å². The van der Waals surface area contributed by atoms with Crippen molar-refractivity contribution in [3.8, 4) is 0 Å². The van der Waals surface area contributed by atoms with Crippen molar-refractivity contribution in [2.75, 3.05) is 13.2 Å². The van der Waals surface area contributed by atoms with E-state index in [4.69, 9.17) is 8.85 Å². The number of hydrogen-bond donors (Lipinski definition) is 1. The minimum Gasteiger partial charge on any atom is -0.393 e. The molecule has 83 valence electrons. The summed E-state index contributed by atoms with van der Waals surface area (Å²) in [6.07, 6.45) is 2.42. The van der Waals surface area contributed by atoms with Crippen LogP contribution in [-0.2, 0) is 13.6 Å². The number of carbonyl (C=O) groups excluding carboxylic acids is 1. The van der Waals surface area contributed by atoms with Gasteiger partial charge in [0.05, 0.1) is 0 Å². The fourth-order valence-corrected chi connectivity index (χ4v) is 2.82. The highest BCUT2D eigenvalue weighted by molar-refractivity contribution is 7.96. The van der Waals surface area contributed by atoms with Crippen molar-refractivity contribution < 1.29 is 13.6 Å². The first kappa shape index (κ1) is 14.2. The van der Waals surface area contributed by atoms with Crippen molar-refractivity contribution in [3.05, 3.63) is 0 Å². The zero-order chi connectivity index (χ0) is 10.8. The molecule has 0 atom stereocenters. The maximum absolute atomic E-state index is 10.7. The van der Waals surface area contributed by atoms with E-state index in [9.17, 15) is 4.79 Å². The molecule has 0 aliphatic carbocycles. The maximum Gasteiger partial charge on any atom is 0.385 e. The average molecular weight is 235 g/mol. The summed E-state index contributed by atoms with van der Waals surface area (Å²) in [5, 5.41) is -0.0901. The second kappa shape index (κ2) is 9.70. The summed E-state index contributed by atoms with van der Waals surface area (Å²) in [5.41, 5.74) is 0. The van der Waals surface area contributed by atoms with Gasteiger partial charge in [-0.05, 0) is 12.8 Å². The van der Waals surface area contributed by atoms with Crippen molar-refractivity contribution in [3.63, 3.8) is 0 Å². The molecule has 3 nitrogen and oxygen atoms in total. The van der Waals surface area contributed by atoms with Gasteiger partial charge in [0.25, 0.3) is 0 Å². The van der Waals surface area contributed by atoms with Crippen molar-refractivity contribution in [1.29, 1.82) is 0 Å². The smallest absolute Gasteiger partial charge is 0.385 e. The molecule has 0 bridgehead atoms. The molecule has 0 amide bonds. The Balaban J connectivity index is 3.65. The van der Waals surface area contributed by atoms with Gasteiger partial charge in [-0.1, -0.05) is 13.8 Å². The predicted octanol–water partition coefficient (Wildman–Crippen LogP) is 2.17. The van der Waals surface area contributed by atoms with Crippen LogP contribution in [0.2, 0.25) is 6.04 Å². The molecule has 0 aliphatic heterocycles. The molecule has 14 heavy (non-hydrogen) atoms. The third-order valence-electron chi connectivity index (χ3n) is 1.48. The Morgan fingerprint density at radius 2 is 1.71 bits per heavy atom. The van der Waals surface area contributed by atoms with Crippen LogP contribution in [0.3, 0.4) is 0 Å². The standard InChI is InChI=1S/C9H19O3SSi/c1-3-6-11-14(12-7-4-2)8-5-9(10)13/h3-8H2,1-2H3,(H,10,13). The Hall–Kier alpha value is 0.157. The number of rotatable bonds is 9. The molecule has 0 spiro atoms. The molecule has 0 fully saturated rings. The molecule has 0 aliphatic rings. The van der Waals surface area contributed by atoms with E-state index in [2.05, 4.69) is 26.5 Å². The summed E-state index contributed by atoms with van der Waals surface area (Å²) in [6, 6.07) is 0.701. The van der Waals surface area contributed by atoms with Gasteiger partial charge in [-0.3, -0.25) is 4.79 Å². The summed E-state index contributed by atoms with van der Waals surface area (Å²) < 4.78 is 11.1. The molecule has 0 saturated heterocycles. The van der Waals surface area contributed by atoms with Crippen LogP contribution in [0.1, 0.15) is 33.1 Å². The molecule has 0 aromatic heterocycles. The second-order valence-corrected chi connectivity index (χ2v) is 5.28. The van der Waals surface area contributed by atoms with Crippen LogP contribution in [0.15, 0.2) is 0 Å². The quantitative estimate of drug-likeness (QED) is 0.491. The van der Waals surface area contributed by atoms with Crippen LogP contribution < -0.4 is 0 Å². The molecule has 1 radical (unpaired) electrons. The topological polar surface area (TPSA) is 35.5 Å². The molecule has 0 saturated carbocycles. The van der Waals surface area contributed by atoms with E-state index in [0.29, 0.717) is 12.5 Å². The van der Waals surface area contributed by atoms with Gasteiger partial charge in [0.2, 0.25) is 0 Å². The molecular weight excluding hydrogens is 216 g/mol. The molecule has 0 aromatic carbocycles. The fraction of sp³-hybridized carbons (Fsp3) is 0.889. The minimum atomic E-state index is -1.23. The summed E-state index contributed by atoms with van der Waals surface area (Å²) in [4.78, 5) is 10.7. The molecule has 0 aromatic rings. The van der Waals surface area contributed by atoms with E-state index < -0.39 is 9.28 Å².